The zero-order valence-electron chi connectivity index (χ0n) is 18.1. The number of ether oxygens (including phenoxy) is 1. The van der Waals surface area contributed by atoms with Gasteiger partial charge >= 0.3 is 5.97 Å². The predicted octanol–water partition coefficient (Wildman–Crippen LogP) is 5.53. The van der Waals surface area contributed by atoms with Crippen LogP contribution in [-0.4, -0.2) is 27.4 Å². The molecule has 0 amide bonds. The van der Waals surface area contributed by atoms with Crippen molar-refractivity contribution in [2.24, 2.45) is 0 Å². The number of fused-ring (bicyclic) bond motifs is 1. The van der Waals surface area contributed by atoms with Crippen molar-refractivity contribution in [1.29, 1.82) is 0 Å². The van der Waals surface area contributed by atoms with E-state index in [9.17, 15) is 9.18 Å². The first-order valence-corrected chi connectivity index (χ1v) is 10.6. The van der Waals surface area contributed by atoms with Crippen LogP contribution in [0.1, 0.15) is 21.6 Å². The van der Waals surface area contributed by atoms with E-state index in [-0.39, 0.29) is 12.4 Å². The Kier molecular flexibility index (Phi) is 5.48. The van der Waals surface area contributed by atoms with E-state index in [0.29, 0.717) is 17.0 Å². The summed E-state index contributed by atoms with van der Waals surface area (Å²) in [6, 6.07) is 26.4. The van der Waals surface area contributed by atoms with Gasteiger partial charge in [-0.2, -0.15) is 5.10 Å². The lowest BCUT2D eigenvalue weighted by atomic mass is 10.1. The van der Waals surface area contributed by atoms with Gasteiger partial charge in [0, 0.05) is 29.2 Å². The lowest BCUT2D eigenvalue weighted by Crippen LogP contribution is -2.12. The van der Waals surface area contributed by atoms with E-state index in [1.54, 1.807) is 22.9 Å². The number of carbonyl (C=O) groups excluding carboxylic acids is 1. The van der Waals surface area contributed by atoms with Crippen molar-refractivity contribution >= 4 is 16.9 Å². The molecule has 5 aromatic rings. The van der Waals surface area contributed by atoms with E-state index in [1.165, 1.54) is 24.8 Å². The summed E-state index contributed by atoms with van der Waals surface area (Å²) in [4.78, 5) is 12.5. The molecule has 2 aromatic heterocycles. The van der Waals surface area contributed by atoms with E-state index >= 15 is 0 Å². The zero-order chi connectivity index (χ0) is 22.8. The van der Waals surface area contributed by atoms with Crippen LogP contribution < -0.4 is 0 Å². The van der Waals surface area contributed by atoms with Gasteiger partial charge in [-0.05, 0) is 35.4 Å². The third-order valence-corrected chi connectivity index (χ3v) is 5.66. The van der Waals surface area contributed by atoms with Crippen molar-refractivity contribution in [1.82, 2.24) is 14.3 Å². The van der Waals surface area contributed by atoms with Crippen LogP contribution in [0.2, 0.25) is 0 Å². The fourth-order valence-corrected chi connectivity index (χ4v) is 4.11. The van der Waals surface area contributed by atoms with Crippen LogP contribution in [0.25, 0.3) is 22.2 Å². The van der Waals surface area contributed by atoms with Gasteiger partial charge in [0.2, 0.25) is 0 Å². The van der Waals surface area contributed by atoms with Crippen LogP contribution in [0.15, 0.2) is 91.1 Å². The first kappa shape index (κ1) is 20.7. The van der Waals surface area contributed by atoms with Crippen molar-refractivity contribution in [2.45, 2.75) is 13.1 Å². The van der Waals surface area contributed by atoms with Crippen molar-refractivity contribution in [3.63, 3.8) is 0 Å². The molecule has 0 saturated heterocycles. The minimum atomic E-state index is -0.488. The Bertz CT molecular complexity index is 1440. The molecule has 0 radical (unpaired) electrons. The number of esters is 1. The van der Waals surface area contributed by atoms with Gasteiger partial charge in [0.05, 0.1) is 19.3 Å². The molecule has 0 bridgehead atoms. The molecule has 0 spiro atoms. The Hall–Kier alpha value is -4.19. The zero-order valence-corrected chi connectivity index (χ0v) is 18.1. The van der Waals surface area contributed by atoms with Crippen LogP contribution >= 0.6 is 0 Å². The second kappa shape index (κ2) is 8.74. The molecule has 5 nitrogen and oxygen atoms in total. The fourth-order valence-electron chi connectivity index (χ4n) is 4.11. The van der Waals surface area contributed by atoms with Gasteiger partial charge in [0.1, 0.15) is 11.5 Å². The summed E-state index contributed by atoms with van der Waals surface area (Å²) < 4.78 is 22.4. The number of rotatable bonds is 6. The maximum atomic E-state index is 13.7. The second-order valence-corrected chi connectivity index (χ2v) is 7.87. The first-order valence-electron chi connectivity index (χ1n) is 10.6. The number of benzene rings is 3. The summed E-state index contributed by atoms with van der Waals surface area (Å²) in [7, 11) is 1.34. The minimum Gasteiger partial charge on any atom is -0.464 e. The lowest BCUT2D eigenvalue weighted by Gasteiger charge is -2.06. The van der Waals surface area contributed by atoms with Gasteiger partial charge in [-0.1, -0.05) is 60.7 Å². The maximum Gasteiger partial charge on any atom is 0.356 e. The van der Waals surface area contributed by atoms with Crippen molar-refractivity contribution in [3.8, 4) is 11.3 Å². The van der Waals surface area contributed by atoms with E-state index < -0.39 is 5.97 Å². The second-order valence-electron chi connectivity index (χ2n) is 7.87. The Labute approximate surface area is 190 Å². The number of carbonyl (C=O) groups is 1. The van der Waals surface area contributed by atoms with Gasteiger partial charge in [0.25, 0.3) is 0 Å². The molecule has 0 unspecified atom stereocenters. The van der Waals surface area contributed by atoms with Crippen LogP contribution in [0.4, 0.5) is 4.39 Å². The number of nitrogens with zero attached hydrogens (tertiary/aromatic N) is 3. The maximum absolute atomic E-state index is 13.7. The number of methoxy groups -OCH3 is 1. The largest absolute Gasteiger partial charge is 0.464 e. The molecule has 0 fully saturated rings. The summed E-state index contributed by atoms with van der Waals surface area (Å²) in [6.07, 6.45) is 2.06. The SMILES string of the molecule is COC(=O)c1cc(-c2cn(Cc3ccccc3)c3ccccc23)nn1Cc1cccc(F)c1. The predicted molar refractivity (Wildman–Crippen MR) is 126 cm³/mol. The molecule has 164 valence electrons. The van der Waals surface area contributed by atoms with Gasteiger partial charge in [-0.3, -0.25) is 4.68 Å². The molecule has 0 aliphatic heterocycles. The number of hydrogen-bond acceptors (Lipinski definition) is 3. The first-order chi connectivity index (χ1) is 16.1. The Balaban J connectivity index is 1.59. The number of halogens is 1. The molecule has 0 aliphatic carbocycles. The van der Waals surface area contributed by atoms with Crippen LogP contribution in [-0.2, 0) is 17.8 Å². The summed E-state index contributed by atoms with van der Waals surface area (Å²) >= 11 is 0. The molecule has 6 heteroatoms. The number of hydrogen-bond donors (Lipinski definition) is 0. The van der Waals surface area contributed by atoms with Crippen molar-refractivity contribution in [3.05, 3.63) is 114 Å². The van der Waals surface area contributed by atoms with Crippen molar-refractivity contribution < 1.29 is 13.9 Å². The minimum absolute atomic E-state index is 0.255. The van der Waals surface area contributed by atoms with Gasteiger partial charge < -0.3 is 9.30 Å². The summed E-state index contributed by atoms with van der Waals surface area (Å²) in [5.74, 6) is -0.818. The van der Waals surface area contributed by atoms with Crippen LogP contribution in [0, 0.1) is 5.82 Å². The topological polar surface area (TPSA) is 49.1 Å². The van der Waals surface area contributed by atoms with E-state index in [0.717, 1.165) is 23.0 Å². The smallest absolute Gasteiger partial charge is 0.356 e. The quantitative estimate of drug-likeness (QED) is 0.327. The number of aromatic nitrogens is 3. The van der Waals surface area contributed by atoms with Gasteiger partial charge in [-0.25, -0.2) is 9.18 Å². The summed E-state index contributed by atoms with van der Waals surface area (Å²) in [6.45, 7) is 0.972. The average molecular weight is 439 g/mol. The van der Waals surface area contributed by atoms with E-state index in [2.05, 4.69) is 35.0 Å². The Morgan fingerprint density at radius 2 is 1.67 bits per heavy atom. The summed E-state index contributed by atoms with van der Waals surface area (Å²) in [5.41, 5.74) is 4.88. The molecule has 2 heterocycles. The Morgan fingerprint density at radius 3 is 2.45 bits per heavy atom. The highest BCUT2D eigenvalue weighted by Gasteiger charge is 2.20. The molecule has 0 saturated carbocycles. The van der Waals surface area contributed by atoms with Gasteiger partial charge in [0.15, 0.2) is 0 Å². The van der Waals surface area contributed by atoms with E-state index in [1.807, 2.05) is 30.3 Å². The fraction of sp³-hybridized carbons (Fsp3) is 0.111. The molecule has 5 rings (SSSR count). The third kappa shape index (κ3) is 4.15. The summed E-state index contributed by atoms with van der Waals surface area (Å²) in [5, 5.41) is 5.77. The van der Waals surface area contributed by atoms with Gasteiger partial charge in [-0.15, -0.1) is 0 Å². The molecule has 3 aromatic carbocycles. The highest BCUT2D eigenvalue weighted by atomic mass is 19.1. The van der Waals surface area contributed by atoms with Crippen LogP contribution in [0.5, 0.6) is 0 Å². The Morgan fingerprint density at radius 1 is 0.909 bits per heavy atom. The third-order valence-electron chi connectivity index (χ3n) is 5.66. The average Bonchev–Trinajstić information content (AvgIpc) is 3.41. The van der Waals surface area contributed by atoms with Crippen molar-refractivity contribution in [2.75, 3.05) is 7.11 Å². The highest BCUT2D eigenvalue weighted by molar-refractivity contribution is 5.97. The molecular formula is C27H22FN3O2. The lowest BCUT2D eigenvalue weighted by molar-refractivity contribution is 0.0587. The standard InChI is InChI=1S/C27H22FN3O2/c1-33-27(32)26-15-24(29-31(26)17-20-10-7-11-21(28)14-20)23-18-30(16-19-8-3-2-4-9-19)25-13-6-5-12-22(23)25/h2-15,18H,16-17H2,1H3. The van der Waals surface area contributed by atoms with E-state index in [4.69, 9.17) is 9.84 Å². The highest BCUT2D eigenvalue weighted by Crippen LogP contribution is 2.31. The normalized spacial score (nSPS) is 11.1. The van der Waals surface area contributed by atoms with Crippen LogP contribution in [0.3, 0.4) is 0 Å². The molecule has 0 aliphatic rings. The number of para-hydroxylation sites is 1. The molecule has 33 heavy (non-hydrogen) atoms. The molecule has 0 atom stereocenters. The monoisotopic (exact) mass is 439 g/mol. The molecule has 0 N–H and O–H groups in total. The molecular weight excluding hydrogens is 417 g/mol.